The Morgan fingerprint density at radius 2 is 1.67 bits per heavy atom. The van der Waals surface area contributed by atoms with Gasteiger partial charge < -0.3 is 16.4 Å². The normalized spacial score (nSPS) is 19.7. The third-order valence-electron chi connectivity index (χ3n) is 3.27. The molecule has 0 atom stereocenters. The fraction of sp³-hybridized carbons (Fsp3) is 0.846. The molecule has 0 bridgehead atoms. The summed E-state index contributed by atoms with van der Waals surface area (Å²) in [6, 6.07) is -0.183. The molecule has 0 aromatic carbocycles. The molecule has 0 heterocycles. The maximum Gasteiger partial charge on any atom is 0.315 e. The average Bonchev–Trinajstić information content (AvgIpc) is 2.41. The van der Waals surface area contributed by atoms with Gasteiger partial charge >= 0.3 is 6.03 Å². The smallest absolute Gasteiger partial charge is 0.315 e. The third kappa shape index (κ3) is 4.44. The average molecular weight is 271 g/mol. The largest absolute Gasteiger partial charge is 0.391 e. The second-order valence-electron chi connectivity index (χ2n) is 6.19. The van der Waals surface area contributed by atoms with Gasteiger partial charge in [-0.25, -0.2) is 4.79 Å². The van der Waals surface area contributed by atoms with E-state index in [4.69, 9.17) is 18.0 Å². The van der Waals surface area contributed by atoms with E-state index in [-0.39, 0.29) is 11.6 Å². The summed E-state index contributed by atoms with van der Waals surface area (Å²) in [6.45, 7) is 5.85. The summed E-state index contributed by atoms with van der Waals surface area (Å²) in [5, 5.41) is 5.91. The van der Waals surface area contributed by atoms with Crippen molar-refractivity contribution in [3.05, 3.63) is 0 Å². The van der Waals surface area contributed by atoms with E-state index >= 15 is 0 Å². The van der Waals surface area contributed by atoms with Crippen molar-refractivity contribution in [1.82, 2.24) is 10.6 Å². The first-order chi connectivity index (χ1) is 8.25. The number of rotatable bonds is 2. The summed E-state index contributed by atoms with van der Waals surface area (Å²) in [4.78, 5) is 12.4. The number of nitrogens with two attached hydrogens (primary N) is 1. The van der Waals surface area contributed by atoms with Crippen molar-refractivity contribution in [1.29, 1.82) is 0 Å². The predicted octanol–water partition coefficient (Wildman–Crippen LogP) is 2.46. The maximum atomic E-state index is 12.0. The Labute approximate surface area is 115 Å². The minimum atomic E-state index is -0.499. The molecule has 1 aliphatic carbocycles. The molecule has 1 rings (SSSR count). The summed E-state index contributed by atoms with van der Waals surface area (Å²) >= 11 is 5.18. The molecule has 4 nitrogen and oxygen atoms in total. The monoisotopic (exact) mass is 271 g/mol. The van der Waals surface area contributed by atoms with Crippen LogP contribution < -0.4 is 16.4 Å². The molecule has 0 unspecified atom stereocenters. The van der Waals surface area contributed by atoms with E-state index in [1.165, 1.54) is 12.8 Å². The zero-order chi connectivity index (χ0) is 13.8. The van der Waals surface area contributed by atoms with Crippen molar-refractivity contribution in [2.75, 3.05) is 0 Å². The van der Waals surface area contributed by atoms with Gasteiger partial charge in [-0.3, -0.25) is 0 Å². The van der Waals surface area contributed by atoms with E-state index in [1.807, 2.05) is 20.8 Å². The summed E-state index contributed by atoms with van der Waals surface area (Å²) in [5.41, 5.74) is 5.12. The highest BCUT2D eigenvalue weighted by molar-refractivity contribution is 7.80. The molecule has 1 fully saturated rings. The van der Waals surface area contributed by atoms with Crippen molar-refractivity contribution in [3.63, 3.8) is 0 Å². The van der Waals surface area contributed by atoms with Crippen LogP contribution in [0.2, 0.25) is 0 Å². The van der Waals surface area contributed by atoms with Crippen LogP contribution in [-0.4, -0.2) is 22.1 Å². The Bertz CT molecular complexity index is 315. The molecule has 0 aromatic heterocycles. The second kappa shape index (κ2) is 5.87. The molecular formula is C13H25N3OS. The van der Waals surface area contributed by atoms with E-state index in [9.17, 15) is 4.79 Å². The van der Waals surface area contributed by atoms with Gasteiger partial charge in [-0.2, -0.15) is 0 Å². The van der Waals surface area contributed by atoms with Gasteiger partial charge in [0, 0.05) is 5.54 Å². The van der Waals surface area contributed by atoms with Crippen molar-refractivity contribution < 1.29 is 4.79 Å². The Kier molecular flexibility index (Phi) is 4.96. The molecule has 1 aliphatic rings. The van der Waals surface area contributed by atoms with Crippen molar-refractivity contribution >= 4 is 23.2 Å². The lowest BCUT2D eigenvalue weighted by Gasteiger charge is -2.34. The maximum absolute atomic E-state index is 12.0. The van der Waals surface area contributed by atoms with Gasteiger partial charge in [0.15, 0.2) is 0 Å². The van der Waals surface area contributed by atoms with Crippen molar-refractivity contribution in [2.24, 2.45) is 5.73 Å². The lowest BCUT2D eigenvalue weighted by molar-refractivity contribution is 0.221. The number of carbonyl (C=O) groups excluding carboxylic acids is 1. The van der Waals surface area contributed by atoms with Crippen LogP contribution in [0.1, 0.15) is 59.3 Å². The lowest BCUT2D eigenvalue weighted by atomic mass is 9.90. The van der Waals surface area contributed by atoms with Crippen LogP contribution in [0.25, 0.3) is 0 Å². The molecule has 1 saturated carbocycles. The number of hydrogen-bond donors (Lipinski definition) is 3. The lowest BCUT2D eigenvalue weighted by Crippen LogP contribution is -2.60. The van der Waals surface area contributed by atoms with E-state index < -0.39 is 5.54 Å². The third-order valence-corrected chi connectivity index (χ3v) is 3.66. The molecule has 104 valence electrons. The van der Waals surface area contributed by atoms with Gasteiger partial charge in [0.1, 0.15) is 0 Å². The molecule has 0 radical (unpaired) electrons. The van der Waals surface area contributed by atoms with Gasteiger partial charge in [0.25, 0.3) is 0 Å². The van der Waals surface area contributed by atoms with Crippen LogP contribution in [0.3, 0.4) is 0 Å². The topological polar surface area (TPSA) is 67.2 Å². The molecule has 5 heteroatoms. The molecular weight excluding hydrogens is 246 g/mol. The Morgan fingerprint density at radius 3 is 2.06 bits per heavy atom. The van der Waals surface area contributed by atoms with Crippen LogP contribution in [0.4, 0.5) is 4.79 Å². The van der Waals surface area contributed by atoms with Crippen LogP contribution in [0.15, 0.2) is 0 Å². The Morgan fingerprint density at radius 1 is 1.17 bits per heavy atom. The van der Waals surface area contributed by atoms with Crippen LogP contribution in [0, 0.1) is 0 Å². The Hall–Kier alpha value is -0.840. The fourth-order valence-corrected chi connectivity index (χ4v) is 2.61. The van der Waals surface area contributed by atoms with Crippen LogP contribution >= 0.6 is 12.2 Å². The molecule has 0 spiro atoms. The highest BCUT2D eigenvalue weighted by Crippen LogP contribution is 2.27. The van der Waals surface area contributed by atoms with Gasteiger partial charge in [0.2, 0.25) is 0 Å². The van der Waals surface area contributed by atoms with Gasteiger partial charge in [-0.05, 0) is 33.6 Å². The number of amides is 2. The van der Waals surface area contributed by atoms with Gasteiger partial charge in [-0.15, -0.1) is 0 Å². The summed E-state index contributed by atoms with van der Waals surface area (Å²) in [5.74, 6) is 0. The van der Waals surface area contributed by atoms with Gasteiger partial charge in [0.05, 0.1) is 10.5 Å². The standard InChI is InChI=1S/C13H25N3OS/c1-12(2,3)15-11(17)16-13(10(14)18)8-6-4-5-7-9-13/h4-9H2,1-3H3,(H2,14,18)(H2,15,16,17). The molecule has 0 aromatic rings. The quantitative estimate of drug-likeness (QED) is 0.534. The van der Waals surface area contributed by atoms with Crippen molar-refractivity contribution in [2.45, 2.75) is 70.4 Å². The Balaban J connectivity index is 2.73. The number of carbonyl (C=O) groups is 1. The molecule has 18 heavy (non-hydrogen) atoms. The minimum Gasteiger partial charge on any atom is -0.391 e. The van der Waals surface area contributed by atoms with Gasteiger partial charge in [-0.1, -0.05) is 37.9 Å². The molecule has 2 amide bonds. The molecule has 0 saturated heterocycles. The fourth-order valence-electron chi connectivity index (χ4n) is 2.35. The first kappa shape index (κ1) is 15.2. The van der Waals surface area contributed by atoms with E-state index in [0.717, 1.165) is 25.7 Å². The summed E-state index contributed by atoms with van der Waals surface area (Å²) in [6.07, 6.45) is 6.19. The highest BCUT2D eigenvalue weighted by atomic mass is 32.1. The van der Waals surface area contributed by atoms with Crippen LogP contribution in [0.5, 0.6) is 0 Å². The minimum absolute atomic E-state index is 0.183. The number of thiocarbonyl (C=S) groups is 1. The SMILES string of the molecule is CC(C)(C)NC(=O)NC1(C(N)=S)CCCCCC1. The van der Waals surface area contributed by atoms with E-state index in [2.05, 4.69) is 10.6 Å². The first-order valence-electron chi connectivity index (χ1n) is 6.65. The zero-order valence-electron chi connectivity index (χ0n) is 11.6. The first-order valence-corrected chi connectivity index (χ1v) is 7.06. The molecule has 4 N–H and O–H groups in total. The second-order valence-corrected chi connectivity index (χ2v) is 6.63. The molecule has 0 aliphatic heterocycles. The summed E-state index contributed by atoms with van der Waals surface area (Å²) < 4.78 is 0. The number of hydrogen-bond acceptors (Lipinski definition) is 2. The predicted molar refractivity (Wildman–Crippen MR) is 78.6 cm³/mol. The zero-order valence-corrected chi connectivity index (χ0v) is 12.5. The van der Waals surface area contributed by atoms with E-state index in [1.54, 1.807) is 0 Å². The highest BCUT2D eigenvalue weighted by Gasteiger charge is 2.36. The van der Waals surface area contributed by atoms with Crippen molar-refractivity contribution in [3.8, 4) is 0 Å². The number of urea groups is 1. The van der Waals surface area contributed by atoms with Crippen LogP contribution in [-0.2, 0) is 0 Å². The summed E-state index contributed by atoms with van der Waals surface area (Å²) in [7, 11) is 0. The number of nitrogens with one attached hydrogen (secondary N) is 2. The van der Waals surface area contributed by atoms with E-state index in [0.29, 0.717) is 4.99 Å².